The van der Waals surface area contributed by atoms with Crippen LogP contribution in [-0.2, 0) is 0 Å². The van der Waals surface area contributed by atoms with Gasteiger partial charge >= 0.3 is 0 Å². The first-order chi connectivity index (χ1) is 9.69. The molecular weight excluding hydrogens is 248 g/mol. The van der Waals surface area contributed by atoms with Gasteiger partial charge in [0, 0.05) is 18.4 Å². The van der Waals surface area contributed by atoms with E-state index < -0.39 is 0 Å². The number of fused-ring (bicyclic) bond motifs is 1. The lowest BCUT2D eigenvalue weighted by molar-refractivity contribution is 0.309. The molecule has 4 nitrogen and oxygen atoms in total. The van der Waals surface area contributed by atoms with Crippen LogP contribution in [0.3, 0.4) is 0 Å². The number of benzene rings is 1. The summed E-state index contributed by atoms with van der Waals surface area (Å²) in [6.45, 7) is 2.25. The highest BCUT2D eigenvalue weighted by Gasteiger charge is 2.27. The third-order valence-corrected chi connectivity index (χ3v) is 4.20. The topological polar surface area (TPSA) is 75.6 Å². The van der Waals surface area contributed by atoms with Gasteiger partial charge in [-0.1, -0.05) is 13.0 Å². The maximum absolute atomic E-state index is 9.18. The maximum Gasteiger partial charge on any atom is 0.107 e. The SMILES string of the molecule is C[C@H]1C[C@@H](N)C[C@@H](c2ccc(C#N)c3nccnc23)C1. The van der Waals surface area contributed by atoms with Crippen LogP contribution >= 0.6 is 0 Å². The average Bonchev–Trinajstić information content (AvgIpc) is 2.45. The van der Waals surface area contributed by atoms with Crippen LogP contribution in [0.15, 0.2) is 24.5 Å². The van der Waals surface area contributed by atoms with Crippen molar-refractivity contribution in [3.63, 3.8) is 0 Å². The zero-order valence-corrected chi connectivity index (χ0v) is 11.6. The molecule has 4 heteroatoms. The van der Waals surface area contributed by atoms with Crippen molar-refractivity contribution in [2.24, 2.45) is 11.7 Å². The van der Waals surface area contributed by atoms with Crippen molar-refractivity contribution in [2.75, 3.05) is 0 Å². The number of nitriles is 1. The summed E-state index contributed by atoms with van der Waals surface area (Å²) < 4.78 is 0. The third kappa shape index (κ3) is 2.25. The Kier molecular flexibility index (Phi) is 3.37. The summed E-state index contributed by atoms with van der Waals surface area (Å²) in [5.41, 5.74) is 9.51. The largest absolute Gasteiger partial charge is 0.328 e. The zero-order valence-electron chi connectivity index (χ0n) is 11.6. The standard InChI is InChI=1S/C16H18N4/c1-10-6-12(8-13(18)7-10)14-3-2-11(9-17)15-16(14)20-5-4-19-15/h2-5,10,12-13H,6-8,18H2,1H3/t10-,12+,13-/m1/s1. The summed E-state index contributed by atoms with van der Waals surface area (Å²) in [4.78, 5) is 8.79. The molecule has 2 N–H and O–H groups in total. The van der Waals surface area contributed by atoms with Crippen LogP contribution in [0.5, 0.6) is 0 Å². The second-order valence-corrected chi connectivity index (χ2v) is 5.84. The van der Waals surface area contributed by atoms with Crippen LogP contribution in [0.4, 0.5) is 0 Å². The van der Waals surface area contributed by atoms with E-state index in [1.165, 1.54) is 5.56 Å². The quantitative estimate of drug-likeness (QED) is 0.861. The Hall–Kier alpha value is -1.99. The van der Waals surface area contributed by atoms with Gasteiger partial charge in [0.1, 0.15) is 11.6 Å². The van der Waals surface area contributed by atoms with Crippen molar-refractivity contribution in [3.05, 3.63) is 35.7 Å². The molecule has 0 radical (unpaired) electrons. The summed E-state index contributed by atoms with van der Waals surface area (Å²) in [6, 6.07) is 6.34. The van der Waals surface area contributed by atoms with Crippen molar-refractivity contribution in [3.8, 4) is 6.07 Å². The number of aromatic nitrogens is 2. The predicted octanol–water partition coefficient (Wildman–Crippen LogP) is 2.73. The van der Waals surface area contributed by atoms with E-state index in [-0.39, 0.29) is 6.04 Å². The molecule has 0 aliphatic heterocycles. The van der Waals surface area contributed by atoms with Crippen LogP contribution in [0.1, 0.15) is 43.2 Å². The normalized spacial score (nSPS) is 26.4. The smallest absolute Gasteiger partial charge is 0.107 e. The van der Waals surface area contributed by atoms with Gasteiger partial charge in [0.25, 0.3) is 0 Å². The van der Waals surface area contributed by atoms with Gasteiger partial charge in [-0.25, -0.2) is 0 Å². The van der Waals surface area contributed by atoms with Crippen molar-refractivity contribution >= 4 is 11.0 Å². The molecule has 0 spiro atoms. The molecule has 1 heterocycles. The second kappa shape index (κ2) is 5.18. The Bertz CT molecular complexity index is 664. The zero-order chi connectivity index (χ0) is 14.1. The Morgan fingerprint density at radius 2 is 1.90 bits per heavy atom. The maximum atomic E-state index is 9.18. The number of hydrogen-bond acceptors (Lipinski definition) is 4. The van der Waals surface area contributed by atoms with E-state index in [0.29, 0.717) is 22.9 Å². The first-order valence-corrected chi connectivity index (χ1v) is 7.08. The fourth-order valence-corrected chi connectivity index (χ4v) is 3.41. The number of nitrogens with zero attached hydrogens (tertiary/aromatic N) is 3. The van der Waals surface area contributed by atoms with Crippen LogP contribution in [0.2, 0.25) is 0 Å². The summed E-state index contributed by atoms with van der Waals surface area (Å²) >= 11 is 0. The first kappa shape index (κ1) is 13.0. The Labute approximate surface area is 118 Å². The van der Waals surface area contributed by atoms with E-state index >= 15 is 0 Å². The van der Waals surface area contributed by atoms with Gasteiger partial charge in [-0.3, -0.25) is 9.97 Å². The molecular formula is C16H18N4. The van der Waals surface area contributed by atoms with E-state index in [4.69, 9.17) is 5.73 Å². The summed E-state index contributed by atoms with van der Waals surface area (Å²) in [6.07, 6.45) is 6.55. The molecule has 1 aliphatic rings. The Morgan fingerprint density at radius 1 is 1.15 bits per heavy atom. The predicted molar refractivity (Wildman–Crippen MR) is 78.0 cm³/mol. The molecule has 0 unspecified atom stereocenters. The van der Waals surface area contributed by atoms with Gasteiger partial charge in [-0.05, 0) is 42.7 Å². The fourth-order valence-electron chi connectivity index (χ4n) is 3.41. The molecule has 102 valence electrons. The minimum Gasteiger partial charge on any atom is -0.328 e. The van der Waals surface area contributed by atoms with Crippen LogP contribution in [0, 0.1) is 17.2 Å². The van der Waals surface area contributed by atoms with Crippen molar-refractivity contribution in [1.82, 2.24) is 9.97 Å². The minimum atomic E-state index is 0.256. The molecule has 1 aromatic heterocycles. The minimum absolute atomic E-state index is 0.256. The van der Waals surface area contributed by atoms with Crippen molar-refractivity contribution in [2.45, 2.75) is 38.1 Å². The molecule has 1 saturated carbocycles. The lowest BCUT2D eigenvalue weighted by Gasteiger charge is -2.31. The van der Waals surface area contributed by atoms with Crippen molar-refractivity contribution in [1.29, 1.82) is 5.26 Å². The number of hydrogen-bond donors (Lipinski definition) is 1. The highest BCUT2D eigenvalue weighted by Crippen LogP contribution is 2.38. The summed E-state index contributed by atoms with van der Waals surface area (Å²) in [7, 11) is 0. The van der Waals surface area contributed by atoms with E-state index in [0.717, 1.165) is 24.8 Å². The van der Waals surface area contributed by atoms with E-state index in [9.17, 15) is 5.26 Å². The number of nitrogens with two attached hydrogens (primary N) is 1. The van der Waals surface area contributed by atoms with Gasteiger partial charge < -0.3 is 5.73 Å². The first-order valence-electron chi connectivity index (χ1n) is 7.08. The second-order valence-electron chi connectivity index (χ2n) is 5.84. The van der Waals surface area contributed by atoms with Gasteiger partial charge in [0.05, 0.1) is 11.1 Å². The lowest BCUT2D eigenvalue weighted by atomic mass is 9.76. The lowest BCUT2D eigenvalue weighted by Crippen LogP contribution is -2.31. The average molecular weight is 266 g/mol. The van der Waals surface area contributed by atoms with Gasteiger partial charge in [0.15, 0.2) is 0 Å². The fraction of sp³-hybridized carbons (Fsp3) is 0.438. The molecule has 0 saturated heterocycles. The molecule has 3 rings (SSSR count). The molecule has 2 aromatic rings. The van der Waals surface area contributed by atoms with E-state index in [1.807, 2.05) is 12.1 Å². The highest BCUT2D eigenvalue weighted by molar-refractivity contribution is 5.83. The molecule has 0 bridgehead atoms. The Balaban J connectivity index is 2.11. The molecule has 20 heavy (non-hydrogen) atoms. The van der Waals surface area contributed by atoms with Gasteiger partial charge in [-0.2, -0.15) is 5.26 Å². The van der Waals surface area contributed by atoms with Crippen LogP contribution in [-0.4, -0.2) is 16.0 Å². The van der Waals surface area contributed by atoms with E-state index in [2.05, 4.69) is 23.0 Å². The monoisotopic (exact) mass is 266 g/mol. The van der Waals surface area contributed by atoms with Crippen molar-refractivity contribution < 1.29 is 0 Å². The summed E-state index contributed by atoms with van der Waals surface area (Å²) in [5.74, 6) is 1.05. The molecule has 0 amide bonds. The highest BCUT2D eigenvalue weighted by atomic mass is 14.8. The number of rotatable bonds is 1. The Morgan fingerprint density at radius 3 is 2.60 bits per heavy atom. The molecule has 3 atom stereocenters. The molecule has 1 fully saturated rings. The van der Waals surface area contributed by atoms with E-state index in [1.54, 1.807) is 12.4 Å². The summed E-state index contributed by atoms with van der Waals surface area (Å²) in [5, 5.41) is 9.18. The van der Waals surface area contributed by atoms with Gasteiger partial charge in [-0.15, -0.1) is 0 Å². The molecule has 1 aromatic carbocycles. The van der Waals surface area contributed by atoms with Crippen LogP contribution in [0.25, 0.3) is 11.0 Å². The molecule has 1 aliphatic carbocycles. The van der Waals surface area contributed by atoms with Gasteiger partial charge in [0.2, 0.25) is 0 Å². The van der Waals surface area contributed by atoms with Crippen LogP contribution < -0.4 is 5.73 Å². The third-order valence-electron chi connectivity index (χ3n) is 4.20.